The van der Waals surface area contributed by atoms with Gasteiger partial charge in [-0.3, -0.25) is 9.69 Å². The Morgan fingerprint density at radius 1 is 0.974 bits per heavy atom. The summed E-state index contributed by atoms with van der Waals surface area (Å²) in [5.74, 6) is -5.06. The van der Waals surface area contributed by atoms with Crippen LogP contribution in [-0.2, 0) is 20.7 Å². The van der Waals surface area contributed by atoms with Crippen LogP contribution in [0.15, 0.2) is 30.3 Å². The van der Waals surface area contributed by atoms with Gasteiger partial charge < -0.3 is 55.4 Å². The van der Waals surface area contributed by atoms with Gasteiger partial charge in [0.1, 0.15) is 30.5 Å². The van der Waals surface area contributed by atoms with E-state index in [0.717, 1.165) is 35.2 Å². The SMILES string of the molecule is O=C(O)[C@@H]1Cc2cc(O)c(O[C@@H]3O[C@H](CO)[C@@H](O)[C@H](O)[C@H]3O)cc2N1C(=O)/C=C/c1cc(O)c(O)c(O)c1. The van der Waals surface area contributed by atoms with Crippen molar-refractivity contribution in [1.82, 2.24) is 0 Å². The molecule has 14 heteroatoms. The summed E-state index contributed by atoms with van der Waals surface area (Å²) < 4.78 is 10.7. The molecule has 0 unspecified atom stereocenters. The smallest absolute Gasteiger partial charge is 0.327 e. The van der Waals surface area contributed by atoms with Crippen molar-refractivity contribution in [1.29, 1.82) is 0 Å². The molecule has 2 aliphatic heterocycles. The molecule has 14 nitrogen and oxygen atoms in total. The van der Waals surface area contributed by atoms with Crippen molar-refractivity contribution < 1.29 is 65.0 Å². The number of aliphatic hydroxyl groups excluding tert-OH is 4. The van der Waals surface area contributed by atoms with Crippen LogP contribution in [0.4, 0.5) is 5.69 Å². The molecule has 1 fully saturated rings. The molecule has 2 heterocycles. The number of fused-ring (bicyclic) bond motifs is 1. The van der Waals surface area contributed by atoms with Gasteiger partial charge in [0, 0.05) is 18.6 Å². The fraction of sp³-hybridized carbons (Fsp3) is 0.333. The molecular weight excluding hydrogens is 510 g/mol. The van der Waals surface area contributed by atoms with Crippen LogP contribution in [0.25, 0.3) is 6.08 Å². The fourth-order valence-electron chi connectivity index (χ4n) is 4.28. The largest absolute Gasteiger partial charge is 0.504 e. The molecule has 38 heavy (non-hydrogen) atoms. The van der Waals surface area contributed by atoms with Crippen molar-refractivity contribution in [3.05, 3.63) is 41.5 Å². The third kappa shape index (κ3) is 4.90. The van der Waals surface area contributed by atoms with Crippen molar-refractivity contribution in [2.75, 3.05) is 11.5 Å². The molecule has 0 aromatic heterocycles. The Balaban J connectivity index is 1.64. The monoisotopic (exact) mass is 535 g/mol. The Labute approximate surface area is 214 Å². The summed E-state index contributed by atoms with van der Waals surface area (Å²) in [6.07, 6.45) is -6.13. The maximum Gasteiger partial charge on any atom is 0.327 e. The van der Waals surface area contributed by atoms with Gasteiger partial charge in [-0.2, -0.15) is 0 Å². The highest BCUT2D eigenvalue weighted by Crippen LogP contribution is 2.42. The third-order valence-corrected chi connectivity index (χ3v) is 6.27. The van der Waals surface area contributed by atoms with Crippen LogP contribution in [0.5, 0.6) is 28.7 Å². The number of amides is 1. The first-order valence-corrected chi connectivity index (χ1v) is 11.2. The highest BCUT2D eigenvalue weighted by molar-refractivity contribution is 6.09. The number of hydrogen-bond donors (Lipinski definition) is 9. The van der Waals surface area contributed by atoms with E-state index in [1.54, 1.807) is 0 Å². The predicted octanol–water partition coefficient (Wildman–Crippen LogP) is -1.26. The Hall–Kier alpha value is -4.08. The van der Waals surface area contributed by atoms with Crippen LogP contribution < -0.4 is 9.64 Å². The number of aliphatic hydroxyl groups is 4. The number of phenols is 4. The molecule has 204 valence electrons. The summed E-state index contributed by atoms with van der Waals surface area (Å²) in [6, 6.07) is 3.06. The van der Waals surface area contributed by atoms with Crippen LogP contribution in [-0.4, -0.2) is 101 Å². The lowest BCUT2D eigenvalue weighted by Gasteiger charge is -2.39. The molecule has 0 spiro atoms. The summed E-state index contributed by atoms with van der Waals surface area (Å²) in [6.45, 7) is -0.716. The van der Waals surface area contributed by atoms with E-state index in [1.807, 2.05) is 0 Å². The second kappa shape index (κ2) is 10.4. The van der Waals surface area contributed by atoms with Crippen LogP contribution in [0.2, 0.25) is 0 Å². The van der Waals surface area contributed by atoms with E-state index in [0.29, 0.717) is 0 Å². The average Bonchev–Trinajstić information content (AvgIpc) is 3.24. The lowest BCUT2D eigenvalue weighted by Crippen LogP contribution is -2.60. The molecule has 0 bridgehead atoms. The molecule has 4 rings (SSSR count). The first-order valence-electron chi connectivity index (χ1n) is 11.2. The Kier molecular flexibility index (Phi) is 7.35. The molecule has 1 amide bonds. The lowest BCUT2D eigenvalue weighted by molar-refractivity contribution is -0.277. The van der Waals surface area contributed by atoms with E-state index < -0.39 is 78.2 Å². The number of carbonyl (C=O) groups is 2. The lowest BCUT2D eigenvalue weighted by atomic mass is 9.99. The molecule has 2 aliphatic rings. The number of phenolic OH excluding ortho intramolecular Hbond substituents is 4. The summed E-state index contributed by atoms with van der Waals surface area (Å²) in [5.41, 5.74) is 0.438. The summed E-state index contributed by atoms with van der Waals surface area (Å²) in [7, 11) is 0. The second-order valence-corrected chi connectivity index (χ2v) is 8.77. The van der Waals surface area contributed by atoms with Gasteiger partial charge in [-0.25, -0.2) is 4.79 Å². The number of ether oxygens (including phenoxy) is 2. The van der Waals surface area contributed by atoms with E-state index in [-0.39, 0.29) is 29.0 Å². The maximum atomic E-state index is 13.1. The van der Waals surface area contributed by atoms with Crippen LogP contribution >= 0.6 is 0 Å². The van der Waals surface area contributed by atoms with Crippen molar-refractivity contribution in [3.63, 3.8) is 0 Å². The number of anilines is 1. The van der Waals surface area contributed by atoms with E-state index >= 15 is 0 Å². The zero-order chi connectivity index (χ0) is 27.9. The average molecular weight is 535 g/mol. The van der Waals surface area contributed by atoms with Gasteiger partial charge in [-0.1, -0.05) is 0 Å². The molecule has 0 saturated carbocycles. The molecule has 6 atom stereocenters. The topological polar surface area (TPSA) is 238 Å². The Morgan fingerprint density at radius 2 is 1.63 bits per heavy atom. The minimum atomic E-state index is -1.79. The first kappa shape index (κ1) is 27.0. The number of benzene rings is 2. The normalized spacial score (nSPS) is 26.9. The highest BCUT2D eigenvalue weighted by atomic mass is 16.7. The van der Waals surface area contributed by atoms with Crippen molar-refractivity contribution in [2.24, 2.45) is 0 Å². The number of nitrogens with zero attached hydrogens (tertiary/aromatic N) is 1. The minimum absolute atomic E-state index is 0.0424. The standard InChI is InChI=1S/C24H25NO13/c26-8-17-20(32)21(33)22(34)24(38-17)37-16-7-11-10(6-13(16)27)5-12(23(35)36)25(11)18(30)2-1-9-3-14(28)19(31)15(29)4-9/h1-4,6-7,12,17,20-22,24,26-29,31-34H,5,8H2,(H,35,36)/b2-1+/t12-,17+,20+,21-,22+,24+/m0/s1. The van der Waals surface area contributed by atoms with Crippen LogP contribution in [0.1, 0.15) is 11.1 Å². The van der Waals surface area contributed by atoms with Gasteiger partial charge in [0.15, 0.2) is 28.7 Å². The molecule has 2 aromatic rings. The third-order valence-electron chi connectivity index (χ3n) is 6.27. The van der Waals surface area contributed by atoms with E-state index in [9.17, 15) is 55.5 Å². The van der Waals surface area contributed by atoms with Crippen LogP contribution in [0.3, 0.4) is 0 Å². The molecule has 0 aliphatic carbocycles. The molecular formula is C24H25NO13. The maximum absolute atomic E-state index is 13.1. The number of hydrogen-bond acceptors (Lipinski definition) is 12. The van der Waals surface area contributed by atoms with Gasteiger partial charge in [0.25, 0.3) is 5.91 Å². The summed E-state index contributed by atoms with van der Waals surface area (Å²) in [4.78, 5) is 25.9. The number of aromatic hydroxyl groups is 4. The van der Waals surface area contributed by atoms with E-state index in [4.69, 9.17) is 9.47 Å². The van der Waals surface area contributed by atoms with Crippen molar-refractivity contribution >= 4 is 23.6 Å². The number of carboxylic acids is 1. The predicted molar refractivity (Wildman–Crippen MR) is 126 cm³/mol. The molecule has 9 N–H and O–H groups in total. The zero-order valence-corrected chi connectivity index (χ0v) is 19.4. The summed E-state index contributed by atoms with van der Waals surface area (Å²) >= 11 is 0. The fourth-order valence-corrected chi connectivity index (χ4v) is 4.28. The number of carboxylic acid groups (broad SMARTS) is 1. The quantitative estimate of drug-likeness (QED) is 0.155. The Morgan fingerprint density at radius 3 is 2.24 bits per heavy atom. The van der Waals surface area contributed by atoms with Crippen molar-refractivity contribution in [3.8, 4) is 28.7 Å². The van der Waals surface area contributed by atoms with Crippen molar-refractivity contribution in [2.45, 2.75) is 43.2 Å². The first-order chi connectivity index (χ1) is 17.9. The Bertz CT molecular complexity index is 1250. The number of carbonyl (C=O) groups excluding carboxylic acids is 1. The zero-order valence-electron chi connectivity index (χ0n) is 19.4. The molecule has 0 radical (unpaired) electrons. The van der Waals surface area contributed by atoms with Gasteiger partial charge in [-0.15, -0.1) is 0 Å². The van der Waals surface area contributed by atoms with Gasteiger partial charge in [0.05, 0.1) is 12.3 Å². The van der Waals surface area contributed by atoms with E-state index in [2.05, 4.69) is 0 Å². The second-order valence-electron chi connectivity index (χ2n) is 8.77. The molecule has 1 saturated heterocycles. The summed E-state index contributed by atoms with van der Waals surface area (Å²) in [5, 5.41) is 88.4. The molecule has 2 aromatic carbocycles. The number of rotatable bonds is 6. The number of aliphatic carboxylic acids is 1. The van der Waals surface area contributed by atoms with Crippen LogP contribution in [0, 0.1) is 0 Å². The van der Waals surface area contributed by atoms with Gasteiger partial charge in [-0.05, 0) is 35.4 Å². The van der Waals surface area contributed by atoms with E-state index in [1.165, 1.54) is 6.08 Å². The minimum Gasteiger partial charge on any atom is -0.504 e. The van der Waals surface area contributed by atoms with Gasteiger partial charge in [0.2, 0.25) is 6.29 Å². The highest BCUT2D eigenvalue weighted by Gasteiger charge is 2.45. The van der Waals surface area contributed by atoms with Gasteiger partial charge >= 0.3 is 5.97 Å².